The number of carbonyl (C=O) groups is 1. The van der Waals surface area contributed by atoms with Crippen molar-refractivity contribution in [3.05, 3.63) is 71.3 Å². The Kier molecular flexibility index (Phi) is 5.92. The number of thioether (sulfide) groups is 1. The average Bonchev–Trinajstić information content (AvgIpc) is 3.13. The van der Waals surface area contributed by atoms with Crippen LogP contribution in [-0.2, 0) is 10.5 Å². The van der Waals surface area contributed by atoms with E-state index < -0.39 is 0 Å². The highest BCUT2D eigenvalue weighted by Crippen LogP contribution is 2.26. The van der Waals surface area contributed by atoms with Crippen LogP contribution in [0.4, 0.5) is 4.39 Å². The minimum atomic E-state index is -0.316. The van der Waals surface area contributed by atoms with Gasteiger partial charge in [0.25, 0.3) is 5.91 Å². The fourth-order valence-corrected chi connectivity index (χ4v) is 4.13. The van der Waals surface area contributed by atoms with Gasteiger partial charge in [-0.3, -0.25) is 9.36 Å². The molecule has 0 atom stereocenters. The molecular weight excluding hydrogens is 391 g/mol. The number of rotatable bonds is 5. The predicted molar refractivity (Wildman–Crippen MR) is 109 cm³/mol. The molecule has 1 aliphatic heterocycles. The first-order valence-corrected chi connectivity index (χ1v) is 10.4. The molecule has 1 amide bonds. The van der Waals surface area contributed by atoms with Gasteiger partial charge in [0.2, 0.25) is 0 Å². The zero-order chi connectivity index (χ0) is 20.2. The average molecular weight is 412 g/mol. The van der Waals surface area contributed by atoms with Crippen LogP contribution in [0.25, 0.3) is 5.69 Å². The second kappa shape index (κ2) is 8.75. The van der Waals surface area contributed by atoms with Gasteiger partial charge >= 0.3 is 0 Å². The normalized spacial score (nSPS) is 14.2. The quantitative estimate of drug-likeness (QED) is 0.601. The summed E-state index contributed by atoms with van der Waals surface area (Å²) in [6.45, 7) is 4.23. The highest BCUT2D eigenvalue weighted by molar-refractivity contribution is 7.98. The van der Waals surface area contributed by atoms with Crippen LogP contribution in [-0.4, -0.2) is 51.9 Å². The van der Waals surface area contributed by atoms with Crippen LogP contribution in [0.15, 0.2) is 53.7 Å². The van der Waals surface area contributed by atoms with E-state index in [4.69, 9.17) is 4.74 Å². The molecule has 3 aromatic rings. The van der Waals surface area contributed by atoms with Crippen LogP contribution < -0.4 is 0 Å². The third-order valence-electron chi connectivity index (χ3n) is 4.76. The molecule has 29 heavy (non-hydrogen) atoms. The molecule has 1 saturated heterocycles. The molecule has 150 valence electrons. The van der Waals surface area contributed by atoms with Crippen LogP contribution in [0.5, 0.6) is 0 Å². The van der Waals surface area contributed by atoms with Gasteiger partial charge < -0.3 is 9.64 Å². The van der Waals surface area contributed by atoms with Crippen LogP contribution in [0.1, 0.15) is 21.7 Å². The lowest BCUT2D eigenvalue weighted by Gasteiger charge is -2.26. The van der Waals surface area contributed by atoms with Crippen molar-refractivity contribution in [1.82, 2.24) is 19.7 Å². The maximum absolute atomic E-state index is 14.2. The van der Waals surface area contributed by atoms with E-state index in [1.807, 2.05) is 29.2 Å². The van der Waals surface area contributed by atoms with Crippen molar-refractivity contribution in [2.24, 2.45) is 0 Å². The number of aromatic nitrogens is 3. The van der Waals surface area contributed by atoms with Gasteiger partial charge in [-0.2, -0.15) is 0 Å². The predicted octanol–water partition coefficient (Wildman–Crippen LogP) is 3.48. The summed E-state index contributed by atoms with van der Waals surface area (Å²) in [6.07, 6.45) is 0. The van der Waals surface area contributed by atoms with E-state index in [-0.39, 0.29) is 11.7 Å². The number of halogens is 1. The van der Waals surface area contributed by atoms with Gasteiger partial charge in [0.05, 0.1) is 18.9 Å². The first kappa shape index (κ1) is 19.6. The Bertz CT molecular complexity index is 1000. The molecule has 0 spiro atoms. The molecule has 1 fully saturated rings. The number of morpholine rings is 1. The highest BCUT2D eigenvalue weighted by Gasteiger charge is 2.18. The lowest BCUT2D eigenvalue weighted by atomic mass is 10.1. The number of benzene rings is 2. The Morgan fingerprint density at radius 3 is 2.55 bits per heavy atom. The summed E-state index contributed by atoms with van der Waals surface area (Å²) in [5.74, 6) is 0.980. The first-order chi connectivity index (χ1) is 14.1. The smallest absolute Gasteiger partial charge is 0.254 e. The number of ether oxygens (including phenoxy) is 1. The second-order valence-electron chi connectivity index (χ2n) is 6.71. The third kappa shape index (κ3) is 4.33. The molecular formula is C21H21FN4O2S. The molecule has 8 heteroatoms. The van der Waals surface area contributed by atoms with Crippen molar-refractivity contribution in [2.45, 2.75) is 17.8 Å². The van der Waals surface area contributed by atoms with Crippen molar-refractivity contribution >= 4 is 17.7 Å². The number of para-hydroxylation sites is 1. The van der Waals surface area contributed by atoms with Gasteiger partial charge in [-0.1, -0.05) is 36.0 Å². The zero-order valence-electron chi connectivity index (χ0n) is 16.0. The number of hydrogen-bond acceptors (Lipinski definition) is 5. The number of carbonyl (C=O) groups excluding carboxylic acids is 1. The molecule has 4 rings (SSSR count). The number of amides is 1. The Balaban J connectivity index is 1.45. The summed E-state index contributed by atoms with van der Waals surface area (Å²) in [4.78, 5) is 14.3. The van der Waals surface area contributed by atoms with E-state index in [2.05, 4.69) is 10.2 Å². The maximum Gasteiger partial charge on any atom is 0.254 e. The van der Waals surface area contributed by atoms with E-state index in [1.54, 1.807) is 29.7 Å². The molecule has 0 saturated carbocycles. The summed E-state index contributed by atoms with van der Waals surface area (Å²) < 4.78 is 21.2. The summed E-state index contributed by atoms with van der Waals surface area (Å²) in [6, 6.07) is 14.2. The van der Waals surface area contributed by atoms with Crippen molar-refractivity contribution in [3.63, 3.8) is 0 Å². The topological polar surface area (TPSA) is 60.3 Å². The molecule has 0 N–H and O–H groups in total. The summed E-state index contributed by atoms with van der Waals surface area (Å²) in [5.41, 5.74) is 2.16. The van der Waals surface area contributed by atoms with E-state index in [0.29, 0.717) is 54.3 Å². The largest absolute Gasteiger partial charge is 0.378 e. The fourth-order valence-electron chi connectivity index (χ4n) is 3.19. The Morgan fingerprint density at radius 2 is 1.83 bits per heavy atom. The SMILES string of the molecule is Cc1nnc(SCc2ccc(C(=O)N3CCOCC3)cc2)n1-c1ccccc1F. The van der Waals surface area contributed by atoms with Crippen molar-refractivity contribution in [3.8, 4) is 5.69 Å². The highest BCUT2D eigenvalue weighted by atomic mass is 32.2. The van der Waals surface area contributed by atoms with E-state index in [9.17, 15) is 9.18 Å². The summed E-state index contributed by atoms with van der Waals surface area (Å²) >= 11 is 1.48. The van der Waals surface area contributed by atoms with Crippen LogP contribution in [0, 0.1) is 12.7 Å². The lowest BCUT2D eigenvalue weighted by Crippen LogP contribution is -2.40. The first-order valence-electron chi connectivity index (χ1n) is 9.39. The van der Waals surface area contributed by atoms with E-state index in [0.717, 1.165) is 5.56 Å². The van der Waals surface area contributed by atoms with Crippen LogP contribution >= 0.6 is 11.8 Å². The van der Waals surface area contributed by atoms with Gasteiger partial charge in [0.1, 0.15) is 11.6 Å². The van der Waals surface area contributed by atoms with Crippen molar-refractivity contribution < 1.29 is 13.9 Å². The minimum Gasteiger partial charge on any atom is -0.378 e. The van der Waals surface area contributed by atoms with Crippen molar-refractivity contribution in [2.75, 3.05) is 26.3 Å². The molecule has 1 aromatic heterocycles. The molecule has 2 aromatic carbocycles. The van der Waals surface area contributed by atoms with Crippen molar-refractivity contribution in [1.29, 1.82) is 0 Å². The van der Waals surface area contributed by atoms with Gasteiger partial charge in [-0.15, -0.1) is 10.2 Å². The molecule has 2 heterocycles. The van der Waals surface area contributed by atoms with Gasteiger partial charge in [-0.25, -0.2) is 4.39 Å². The Hall–Kier alpha value is -2.71. The van der Waals surface area contributed by atoms with E-state index in [1.165, 1.54) is 17.8 Å². The minimum absolute atomic E-state index is 0.0300. The monoisotopic (exact) mass is 412 g/mol. The van der Waals surface area contributed by atoms with Gasteiger partial charge in [-0.05, 0) is 36.8 Å². The van der Waals surface area contributed by atoms with Crippen LogP contribution in [0.2, 0.25) is 0 Å². The van der Waals surface area contributed by atoms with E-state index >= 15 is 0 Å². The van der Waals surface area contributed by atoms with Gasteiger partial charge in [0.15, 0.2) is 5.16 Å². The molecule has 0 unspecified atom stereocenters. The molecule has 1 aliphatic rings. The maximum atomic E-state index is 14.2. The summed E-state index contributed by atoms with van der Waals surface area (Å²) in [5, 5.41) is 8.92. The fraction of sp³-hybridized carbons (Fsp3) is 0.286. The standard InChI is InChI=1S/C21H21FN4O2S/c1-15-23-24-21(26(15)19-5-3-2-4-18(19)22)29-14-16-6-8-17(9-7-16)20(27)25-10-12-28-13-11-25/h2-9H,10-14H2,1H3. The molecule has 0 aliphatic carbocycles. The van der Waals surface area contributed by atoms with Crippen LogP contribution in [0.3, 0.4) is 0 Å². The molecule has 6 nitrogen and oxygen atoms in total. The zero-order valence-corrected chi connectivity index (χ0v) is 16.9. The second-order valence-corrected chi connectivity index (χ2v) is 7.65. The number of aryl methyl sites for hydroxylation is 1. The Labute approximate surface area is 172 Å². The lowest BCUT2D eigenvalue weighted by molar-refractivity contribution is 0.0303. The number of hydrogen-bond donors (Lipinski definition) is 0. The number of nitrogens with zero attached hydrogens (tertiary/aromatic N) is 4. The molecule has 0 radical (unpaired) electrons. The summed E-state index contributed by atoms with van der Waals surface area (Å²) in [7, 11) is 0. The molecule has 0 bridgehead atoms. The Morgan fingerprint density at radius 1 is 1.10 bits per heavy atom. The third-order valence-corrected chi connectivity index (χ3v) is 5.76. The van der Waals surface area contributed by atoms with Gasteiger partial charge in [0, 0.05) is 24.4 Å².